The third-order valence-corrected chi connectivity index (χ3v) is 3.66. The summed E-state index contributed by atoms with van der Waals surface area (Å²) in [5.41, 5.74) is 6.41. The molecule has 0 aliphatic carbocycles. The van der Waals surface area contributed by atoms with Crippen LogP contribution in [0.2, 0.25) is 0 Å². The zero-order valence-electron chi connectivity index (χ0n) is 10.4. The number of nitrogens with two attached hydrogens (primary N) is 1. The van der Waals surface area contributed by atoms with Gasteiger partial charge in [-0.3, -0.25) is 0 Å². The Kier molecular flexibility index (Phi) is 4.19. The quantitative estimate of drug-likeness (QED) is 0.879. The van der Waals surface area contributed by atoms with Crippen LogP contribution in [0.1, 0.15) is 9.67 Å². The molecule has 0 unspecified atom stereocenters. The molecule has 1 aromatic heterocycles. The lowest BCUT2D eigenvalue weighted by Gasteiger charge is -2.08. The lowest BCUT2D eigenvalue weighted by Crippen LogP contribution is -2.02. The molecule has 0 bridgehead atoms. The van der Waals surface area contributed by atoms with Gasteiger partial charge in [-0.05, 0) is 18.2 Å². The number of hydrogen-bond acceptors (Lipinski definition) is 5. The number of methoxy groups -OCH3 is 1. The Balaban J connectivity index is 2.44. The van der Waals surface area contributed by atoms with Crippen molar-refractivity contribution < 1.29 is 23.0 Å². The van der Waals surface area contributed by atoms with Crippen LogP contribution in [0.3, 0.4) is 0 Å². The average Bonchev–Trinajstić information content (AvgIpc) is 2.80. The average molecular weight is 299 g/mol. The van der Waals surface area contributed by atoms with E-state index in [1.54, 1.807) is 18.2 Å². The molecule has 0 saturated carbocycles. The summed E-state index contributed by atoms with van der Waals surface area (Å²) in [7, 11) is 1.25. The SMILES string of the molecule is COC(=O)c1sc(-c2ccccc2OC(F)F)cc1N. The molecule has 0 aliphatic rings. The fraction of sp³-hybridized carbons (Fsp3) is 0.154. The molecule has 0 amide bonds. The predicted molar refractivity (Wildman–Crippen MR) is 72.1 cm³/mol. The first kappa shape index (κ1) is 14.3. The van der Waals surface area contributed by atoms with E-state index in [0.29, 0.717) is 10.4 Å². The number of anilines is 1. The summed E-state index contributed by atoms with van der Waals surface area (Å²) < 4.78 is 33.8. The van der Waals surface area contributed by atoms with Crippen LogP contribution in [0.5, 0.6) is 5.75 Å². The van der Waals surface area contributed by atoms with Crippen LogP contribution in [0, 0.1) is 0 Å². The molecule has 0 aliphatic heterocycles. The Hall–Kier alpha value is -2.15. The van der Waals surface area contributed by atoms with E-state index >= 15 is 0 Å². The summed E-state index contributed by atoms with van der Waals surface area (Å²) in [6.45, 7) is -2.92. The van der Waals surface area contributed by atoms with E-state index in [0.717, 1.165) is 11.3 Å². The van der Waals surface area contributed by atoms with Crippen molar-refractivity contribution in [2.24, 2.45) is 0 Å². The van der Waals surface area contributed by atoms with Crippen molar-refractivity contribution in [3.63, 3.8) is 0 Å². The minimum atomic E-state index is -2.92. The molecule has 0 spiro atoms. The topological polar surface area (TPSA) is 61.5 Å². The van der Waals surface area contributed by atoms with Crippen molar-refractivity contribution in [1.29, 1.82) is 0 Å². The number of rotatable bonds is 4. The van der Waals surface area contributed by atoms with Gasteiger partial charge in [0.1, 0.15) is 10.6 Å². The number of alkyl halides is 2. The molecule has 0 atom stereocenters. The van der Waals surface area contributed by atoms with Gasteiger partial charge < -0.3 is 15.2 Å². The molecular formula is C13H11F2NO3S. The second kappa shape index (κ2) is 5.87. The van der Waals surface area contributed by atoms with Gasteiger partial charge in [-0.2, -0.15) is 8.78 Å². The zero-order valence-corrected chi connectivity index (χ0v) is 11.2. The van der Waals surface area contributed by atoms with Gasteiger partial charge in [0.05, 0.1) is 12.8 Å². The molecule has 0 radical (unpaired) electrons. The Labute approximate surface area is 117 Å². The largest absolute Gasteiger partial charge is 0.465 e. The number of benzene rings is 1. The number of carbonyl (C=O) groups is 1. The highest BCUT2D eigenvalue weighted by Gasteiger charge is 2.18. The summed E-state index contributed by atoms with van der Waals surface area (Å²) in [5.74, 6) is -0.536. The Bertz CT molecular complexity index is 628. The summed E-state index contributed by atoms with van der Waals surface area (Å²) in [6, 6.07) is 7.84. The normalized spacial score (nSPS) is 10.6. The van der Waals surface area contributed by atoms with Gasteiger partial charge in [0.25, 0.3) is 0 Å². The maximum atomic E-state index is 12.4. The molecule has 2 rings (SSSR count). The third kappa shape index (κ3) is 2.88. The lowest BCUT2D eigenvalue weighted by atomic mass is 10.1. The molecule has 1 aromatic carbocycles. The van der Waals surface area contributed by atoms with Crippen molar-refractivity contribution >= 4 is 23.0 Å². The number of halogens is 2. The molecule has 4 nitrogen and oxygen atoms in total. The van der Waals surface area contributed by atoms with Gasteiger partial charge in [-0.25, -0.2) is 4.79 Å². The minimum absolute atomic E-state index is 0.0279. The van der Waals surface area contributed by atoms with Crippen molar-refractivity contribution in [3.05, 3.63) is 35.2 Å². The molecule has 0 fully saturated rings. The van der Waals surface area contributed by atoms with Crippen LogP contribution in [0.4, 0.5) is 14.5 Å². The number of hydrogen-bond donors (Lipinski definition) is 1. The van der Waals surface area contributed by atoms with Gasteiger partial charge in [0.15, 0.2) is 0 Å². The first-order valence-corrected chi connectivity index (χ1v) is 6.36. The van der Waals surface area contributed by atoms with Gasteiger partial charge in [-0.1, -0.05) is 12.1 Å². The van der Waals surface area contributed by atoms with E-state index in [4.69, 9.17) is 5.73 Å². The summed E-state index contributed by atoms with van der Waals surface area (Å²) in [4.78, 5) is 12.3. The molecule has 20 heavy (non-hydrogen) atoms. The number of esters is 1. The van der Waals surface area contributed by atoms with Crippen LogP contribution in [-0.2, 0) is 4.74 Å². The third-order valence-electron chi connectivity index (χ3n) is 2.50. The van der Waals surface area contributed by atoms with Gasteiger partial charge >= 0.3 is 12.6 Å². The summed E-state index contributed by atoms with van der Waals surface area (Å²) in [6.07, 6.45) is 0. The van der Waals surface area contributed by atoms with Crippen molar-refractivity contribution in [3.8, 4) is 16.2 Å². The van der Waals surface area contributed by atoms with E-state index in [1.165, 1.54) is 19.2 Å². The molecule has 106 valence electrons. The Morgan fingerprint density at radius 3 is 2.70 bits per heavy atom. The minimum Gasteiger partial charge on any atom is -0.465 e. The number of para-hydroxylation sites is 1. The van der Waals surface area contributed by atoms with Gasteiger partial charge in [0, 0.05) is 10.4 Å². The van der Waals surface area contributed by atoms with Crippen LogP contribution in [0.25, 0.3) is 10.4 Å². The fourth-order valence-electron chi connectivity index (χ4n) is 1.66. The first-order chi connectivity index (χ1) is 9.52. The number of carbonyl (C=O) groups excluding carboxylic acids is 1. The Morgan fingerprint density at radius 2 is 2.05 bits per heavy atom. The predicted octanol–water partition coefficient (Wildman–Crippen LogP) is 3.39. The van der Waals surface area contributed by atoms with Gasteiger partial charge in [0.2, 0.25) is 0 Å². The van der Waals surface area contributed by atoms with Crippen molar-refractivity contribution in [1.82, 2.24) is 0 Å². The highest BCUT2D eigenvalue weighted by atomic mass is 32.1. The van der Waals surface area contributed by atoms with E-state index in [1.807, 2.05) is 0 Å². The second-order valence-electron chi connectivity index (χ2n) is 3.76. The number of ether oxygens (including phenoxy) is 2. The first-order valence-electron chi connectivity index (χ1n) is 5.54. The highest BCUT2D eigenvalue weighted by molar-refractivity contribution is 7.18. The molecule has 1 heterocycles. The maximum absolute atomic E-state index is 12.4. The van der Waals surface area contributed by atoms with Crippen LogP contribution in [0.15, 0.2) is 30.3 Å². The van der Waals surface area contributed by atoms with Crippen LogP contribution >= 0.6 is 11.3 Å². The van der Waals surface area contributed by atoms with E-state index in [9.17, 15) is 13.6 Å². The van der Waals surface area contributed by atoms with Crippen molar-refractivity contribution in [2.45, 2.75) is 6.61 Å². The fourth-order valence-corrected chi connectivity index (χ4v) is 2.69. The van der Waals surface area contributed by atoms with E-state index in [2.05, 4.69) is 9.47 Å². The van der Waals surface area contributed by atoms with Crippen molar-refractivity contribution in [2.75, 3.05) is 12.8 Å². The smallest absolute Gasteiger partial charge is 0.387 e. The van der Waals surface area contributed by atoms with E-state index in [-0.39, 0.29) is 16.3 Å². The maximum Gasteiger partial charge on any atom is 0.387 e. The molecule has 7 heteroatoms. The molecule has 2 aromatic rings. The zero-order chi connectivity index (χ0) is 14.7. The lowest BCUT2D eigenvalue weighted by molar-refractivity contribution is -0.0494. The highest BCUT2D eigenvalue weighted by Crippen LogP contribution is 2.38. The number of nitrogen functional groups attached to an aromatic ring is 1. The molecule has 2 N–H and O–H groups in total. The van der Waals surface area contributed by atoms with Crippen LogP contribution < -0.4 is 10.5 Å². The molecular weight excluding hydrogens is 288 g/mol. The second-order valence-corrected chi connectivity index (χ2v) is 4.81. The summed E-state index contributed by atoms with van der Waals surface area (Å²) >= 11 is 1.06. The summed E-state index contributed by atoms with van der Waals surface area (Å²) in [5, 5.41) is 0. The van der Waals surface area contributed by atoms with Crippen LogP contribution in [-0.4, -0.2) is 19.7 Å². The standard InChI is InChI=1S/C13H11F2NO3S/c1-18-12(17)11-8(16)6-10(20-11)7-4-2-3-5-9(7)19-13(14)15/h2-6,13H,16H2,1H3. The monoisotopic (exact) mass is 299 g/mol. The van der Waals surface area contributed by atoms with Gasteiger partial charge in [-0.15, -0.1) is 11.3 Å². The number of thiophene rings is 1. The molecule has 0 saturated heterocycles. The Morgan fingerprint density at radius 1 is 1.35 bits per heavy atom. The van der Waals surface area contributed by atoms with E-state index < -0.39 is 12.6 Å².